The first-order valence-corrected chi connectivity index (χ1v) is 10.1. The van der Waals surface area contributed by atoms with Crippen LogP contribution in [0, 0.1) is 10.1 Å². The Morgan fingerprint density at radius 3 is 2.24 bits per heavy atom. The quantitative estimate of drug-likeness (QED) is 0.254. The minimum Gasteiger partial charge on any atom is -0.305 e. The van der Waals surface area contributed by atoms with Crippen molar-refractivity contribution in [2.75, 3.05) is 5.75 Å². The van der Waals surface area contributed by atoms with Gasteiger partial charge in [0.15, 0.2) is 16.8 Å². The molecule has 0 saturated carbocycles. The van der Waals surface area contributed by atoms with Crippen molar-refractivity contribution < 1.29 is 9.72 Å². The highest BCUT2D eigenvalue weighted by Gasteiger charge is 2.17. The third-order valence-electron chi connectivity index (χ3n) is 4.58. The van der Waals surface area contributed by atoms with Crippen LogP contribution in [0.5, 0.6) is 0 Å². The molecule has 0 aliphatic heterocycles. The van der Waals surface area contributed by atoms with Gasteiger partial charge in [-0.3, -0.25) is 14.9 Å². The summed E-state index contributed by atoms with van der Waals surface area (Å²) in [7, 11) is 1.87. The van der Waals surface area contributed by atoms with Gasteiger partial charge in [-0.05, 0) is 23.1 Å². The molecule has 0 bridgehead atoms. The normalized spacial score (nSPS) is 11.4. The number of carbonyl (C=O) groups is 1. The lowest BCUT2D eigenvalue weighted by Gasteiger charge is -2.19. The van der Waals surface area contributed by atoms with Crippen LogP contribution in [-0.4, -0.2) is 31.2 Å². The summed E-state index contributed by atoms with van der Waals surface area (Å²) in [5.74, 6) is 0.784. The molecule has 0 amide bonds. The van der Waals surface area contributed by atoms with Crippen LogP contribution in [0.2, 0.25) is 0 Å². The second-order valence-electron chi connectivity index (χ2n) is 7.71. The number of non-ortho nitro benzene ring substituents is 1. The van der Waals surface area contributed by atoms with E-state index < -0.39 is 4.92 Å². The Kier molecular flexibility index (Phi) is 5.83. The molecule has 7 nitrogen and oxygen atoms in total. The average Bonchev–Trinajstić information content (AvgIpc) is 3.06. The van der Waals surface area contributed by atoms with E-state index in [1.54, 1.807) is 0 Å². The molecule has 1 heterocycles. The number of nitro groups is 1. The fourth-order valence-corrected chi connectivity index (χ4v) is 3.60. The molecular weight excluding hydrogens is 388 g/mol. The zero-order valence-corrected chi connectivity index (χ0v) is 17.6. The standard InChI is InChI=1S/C21H22N4O3S/c1-21(2,3)16-9-5-15(6-10-16)19-22-23-20(24(19)4)29-13-18(26)14-7-11-17(12-8-14)25(27)28/h5-12H,13H2,1-4H3. The minimum atomic E-state index is -0.488. The summed E-state index contributed by atoms with van der Waals surface area (Å²) in [6.45, 7) is 6.50. The third-order valence-corrected chi connectivity index (χ3v) is 5.60. The maximum absolute atomic E-state index is 12.4. The number of thioether (sulfide) groups is 1. The van der Waals surface area contributed by atoms with Crippen molar-refractivity contribution in [2.45, 2.75) is 31.3 Å². The lowest BCUT2D eigenvalue weighted by atomic mass is 9.87. The number of hydrogen-bond donors (Lipinski definition) is 0. The molecule has 8 heteroatoms. The monoisotopic (exact) mass is 410 g/mol. The van der Waals surface area contributed by atoms with Crippen LogP contribution in [0.15, 0.2) is 53.7 Å². The van der Waals surface area contributed by atoms with Crippen molar-refractivity contribution in [2.24, 2.45) is 7.05 Å². The third kappa shape index (κ3) is 4.71. The highest BCUT2D eigenvalue weighted by Crippen LogP contribution is 2.27. The SMILES string of the molecule is Cn1c(SCC(=O)c2ccc([N+](=O)[O-])cc2)nnc1-c1ccc(C(C)(C)C)cc1. The summed E-state index contributed by atoms with van der Waals surface area (Å²) in [4.78, 5) is 22.6. The Morgan fingerprint density at radius 1 is 1.07 bits per heavy atom. The molecule has 0 unspecified atom stereocenters. The molecule has 3 rings (SSSR count). The maximum Gasteiger partial charge on any atom is 0.269 e. The molecule has 1 aromatic heterocycles. The maximum atomic E-state index is 12.4. The largest absolute Gasteiger partial charge is 0.305 e. The van der Waals surface area contributed by atoms with Crippen molar-refractivity contribution >= 4 is 23.2 Å². The fraction of sp³-hybridized carbons (Fsp3) is 0.286. The van der Waals surface area contributed by atoms with Crippen molar-refractivity contribution in [1.29, 1.82) is 0 Å². The van der Waals surface area contributed by atoms with Crippen LogP contribution in [0.1, 0.15) is 36.7 Å². The zero-order valence-electron chi connectivity index (χ0n) is 16.7. The van der Waals surface area contributed by atoms with Crippen LogP contribution in [-0.2, 0) is 12.5 Å². The van der Waals surface area contributed by atoms with Crippen molar-refractivity contribution in [3.63, 3.8) is 0 Å². The van der Waals surface area contributed by atoms with Crippen LogP contribution in [0.25, 0.3) is 11.4 Å². The molecule has 0 aliphatic carbocycles. The van der Waals surface area contributed by atoms with Crippen LogP contribution in [0.4, 0.5) is 5.69 Å². The first-order valence-electron chi connectivity index (χ1n) is 9.07. The van der Waals surface area contributed by atoms with Crippen LogP contribution < -0.4 is 0 Å². The van der Waals surface area contributed by atoms with E-state index in [4.69, 9.17) is 0 Å². The molecule has 0 saturated heterocycles. The molecule has 0 aliphatic rings. The Morgan fingerprint density at radius 2 is 1.69 bits per heavy atom. The van der Waals surface area contributed by atoms with Gasteiger partial charge in [-0.1, -0.05) is 56.8 Å². The number of nitrogens with zero attached hydrogens (tertiary/aromatic N) is 4. The van der Waals surface area contributed by atoms with Crippen LogP contribution in [0.3, 0.4) is 0 Å². The van der Waals surface area contributed by atoms with Gasteiger partial charge in [-0.25, -0.2) is 0 Å². The van der Waals surface area contributed by atoms with Gasteiger partial charge in [-0.15, -0.1) is 10.2 Å². The predicted octanol–water partition coefficient (Wildman–Crippen LogP) is 4.66. The molecular formula is C21H22N4O3S. The molecule has 2 aromatic carbocycles. The van der Waals surface area contributed by atoms with Gasteiger partial charge in [0.05, 0.1) is 10.7 Å². The average molecular weight is 410 g/mol. The van der Waals surface area contributed by atoms with Crippen molar-refractivity contribution in [1.82, 2.24) is 14.8 Å². The van der Waals surface area contributed by atoms with Gasteiger partial charge in [0.2, 0.25) is 0 Å². The van der Waals surface area contributed by atoms with Gasteiger partial charge in [0.1, 0.15) is 0 Å². The molecule has 29 heavy (non-hydrogen) atoms. The topological polar surface area (TPSA) is 90.9 Å². The van der Waals surface area contributed by atoms with E-state index in [1.807, 2.05) is 23.7 Å². The van der Waals surface area contributed by atoms with E-state index in [0.717, 1.165) is 11.4 Å². The molecule has 0 N–H and O–H groups in total. The summed E-state index contributed by atoms with van der Waals surface area (Å²) >= 11 is 1.29. The van der Waals surface area contributed by atoms with E-state index in [9.17, 15) is 14.9 Å². The highest BCUT2D eigenvalue weighted by molar-refractivity contribution is 7.99. The highest BCUT2D eigenvalue weighted by atomic mass is 32.2. The number of carbonyl (C=O) groups excluding carboxylic acids is 1. The fourth-order valence-electron chi connectivity index (χ4n) is 2.79. The van der Waals surface area contributed by atoms with Crippen LogP contribution >= 0.6 is 11.8 Å². The summed E-state index contributed by atoms with van der Waals surface area (Å²) in [5.41, 5.74) is 2.68. The Hall–Kier alpha value is -3.00. The molecule has 150 valence electrons. The van der Waals surface area contributed by atoms with E-state index in [1.165, 1.54) is 41.6 Å². The van der Waals surface area contributed by atoms with Gasteiger partial charge < -0.3 is 4.57 Å². The number of hydrogen-bond acceptors (Lipinski definition) is 6. The second kappa shape index (κ2) is 8.16. The molecule has 0 atom stereocenters. The number of rotatable bonds is 6. The second-order valence-corrected chi connectivity index (χ2v) is 8.65. The number of nitro benzene ring substituents is 1. The van der Waals surface area contributed by atoms with Gasteiger partial charge >= 0.3 is 0 Å². The first kappa shape index (κ1) is 20.7. The lowest BCUT2D eigenvalue weighted by Crippen LogP contribution is -2.10. The van der Waals surface area contributed by atoms with Crippen molar-refractivity contribution in [3.05, 3.63) is 69.8 Å². The van der Waals surface area contributed by atoms with E-state index in [0.29, 0.717) is 10.7 Å². The zero-order chi connectivity index (χ0) is 21.2. The first-order chi connectivity index (χ1) is 13.7. The Bertz CT molecular complexity index is 1040. The number of benzene rings is 2. The summed E-state index contributed by atoms with van der Waals surface area (Å²) in [5, 5.41) is 19.8. The molecule has 0 fully saturated rings. The molecule has 3 aromatic rings. The number of aromatic nitrogens is 3. The van der Waals surface area contributed by atoms with E-state index in [2.05, 4.69) is 43.1 Å². The summed E-state index contributed by atoms with van der Waals surface area (Å²) < 4.78 is 1.86. The van der Waals surface area contributed by atoms with Gasteiger partial charge in [-0.2, -0.15) is 0 Å². The minimum absolute atomic E-state index is 0.0374. The molecule has 0 radical (unpaired) electrons. The number of ketones is 1. The smallest absolute Gasteiger partial charge is 0.269 e. The Balaban J connectivity index is 1.69. The summed E-state index contributed by atoms with van der Waals surface area (Å²) in [6.07, 6.45) is 0. The van der Waals surface area contributed by atoms with Crippen molar-refractivity contribution in [3.8, 4) is 11.4 Å². The van der Waals surface area contributed by atoms with E-state index >= 15 is 0 Å². The predicted molar refractivity (Wildman–Crippen MR) is 113 cm³/mol. The Labute approximate surface area is 173 Å². The van der Waals surface area contributed by atoms with Gasteiger partial charge in [0, 0.05) is 30.3 Å². The number of Topliss-reactive ketones (excluding diaryl/α,β-unsaturated/α-hetero) is 1. The summed E-state index contributed by atoms with van der Waals surface area (Å²) in [6, 6.07) is 13.9. The lowest BCUT2D eigenvalue weighted by molar-refractivity contribution is -0.384. The molecule has 0 spiro atoms. The van der Waals surface area contributed by atoms with Gasteiger partial charge in [0.25, 0.3) is 5.69 Å². The van der Waals surface area contributed by atoms with E-state index in [-0.39, 0.29) is 22.6 Å².